The molecule has 214 valence electrons. The monoisotopic (exact) mass is 545 g/mol. The zero-order valence-corrected chi connectivity index (χ0v) is 24.3. The van der Waals surface area contributed by atoms with Gasteiger partial charge in [-0.1, -0.05) is 26.8 Å². The van der Waals surface area contributed by atoms with Crippen LogP contribution in [0.15, 0.2) is 42.5 Å². The highest BCUT2D eigenvalue weighted by molar-refractivity contribution is 5.86. The summed E-state index contributed by atoms with van der Waals surface area (Å²) in [4.78, 5) is 12.6. The number of hydrogen-bond acceptors (Lipinski definition) is 5. The van der Waals surface area contributed by atoms with E-state index in [4.69, 9.17) is 18.9 Å². The number of carbonyl (C=O) groups is 1. The zero-order valence-electron chi connectivity index (χ0n) is 24.3. The van der Waals surface area contributed by atoms with Gasteiger partial charge in [-0.2, -0.15) is 0 Å². The molecule has 1 amide bonds. The minimum absolute atomic E-state index is 0.321. The van der Waals surface area contributed by atoms with E-state index in [2.05, 4.69) is 38.2 Å². The number of aryl methyl sites for hydroxylation is 1. The highest BCUT2D eigenvalue weighted by Crippen LogP contribution is 2.69. The molecule has 0 bridgehead atoms. The van der Waals surface area contributed by atoms with Crippen molar-refractivity contribution in [3.05, 3.63) is 53.6 Å². The van der Waals surface area contributed by atoms with Gasteiger partial charge in [0, 0.05) is 18.0 Å². The number of anilines is 1. The molecule has 2 saturated heterocycles. The smallest absolute Gasteiger partial charge is 0.417 e. The molecule has 4 fully saturated rings. The third-order valence-electron chi connectivity index (χ3n) is 11.5. The van der Waals surface area contributed by atoms with Crippen molar-refractivity contribution in [1.82, 2.24) is 0 Å². The Morgan fingerprint density at radius 2 is 1.82 bits per heavy atom. The molecular formula is C34H43NO5. The van der Waals surface area contributed by atoms with E-state index < -0.39 is 6.09 Å². The Kier molecular flexibility index (Phi) is 6.43. The lowest BCUT2D eigenvalue weighted by Gasteiger charge is -2.52. The molecule has 0 radical (unpaired) electrons. The van der Waals surface area contributed by atoms with Crippen LogP contribution in [0.25, 0.3) is 0 Å². The van der Waals surface area contributed by atoms with E-state index in [0.717, 1.165) is 25.2 Å². The second-order valence-corrected chi connectivity index (χ2v) is 13.5. The molecule has 6 heteroatoms. The van der Waals surface area contributed by atoms with Crippen LogP contribution in [0.5, 0.6) is 11.5 Å². The van der Waals surface area contributed by atoms with Gasteiger partial charge in [-0.05, 0) is 121 Å². The quantitative estimate of drug-likeness (QED) is 0.431. The zero-order chi connectivity index (χ0) is 27.6. The van der Waals surface area contributed by atoms with E-state index in [1.54, 1.807) is 19.2 Å². The number of ether oxygens (including phenoxy) is 4. The van der Waals surface area contributed by atoms with Crippen molar-refractivity contribution in [3.63, 3.8) is 0 Å². The van der Waals surface area contributed by atoms with Crippen LogP contribution < -0.4 is 14.8 Å². The van der Waals surface area contributed by atoms with Crippen LogP contribution in [-0.2, 0) is 15.9 Å². The van der Waals surface area contributed by atoms with E-state index in [9.17, 15) is 4.79 Å². The molecule has 2 heterocycles. The molecule has 7 rings (SSSR count). The van der Waals surface area contributed by atoms with Crippen molar-refractivity contribution in [3.8, 4) is 11.5 Å². The standard InChI is InChI=1S/C34H43NO5/c1-20-13-16-34(38-19-20)21(2)31-30(40-34)18-29-28-11-5-22-17-25(10-12-26(22)27(28)14-15-33(29,31)3)39-32(36)35-23-6-8-24(37-4)9-7-23/h6-10,12,17,20-21,27-31H,5,11,13-16,18-19H2,1-4H3,(H,35,36)/t20-,21+,27-,28-,29+,30+,31+,33+,34-/m1/s1. The fraction of sp³-hybridized carbons (Fsp3) is 0.618. The van der Waals surface area contributed by atoms with Crippen LogP contribution in [-0.4, -0.2) is 31.7 Å². The largest absolute Gasteiger partial charge is 0.497 e. The molecular weight excluding hydrogens is 502 g/mol. The highest BCUT2D eigenvalue weighted by atomic mass is 16.7. The lowest BCUT2D eigenvalue weighted by molar-refractivity contribution is -0.272. The van der Waals surface area contributed by atoms with Gasteiger partial charge < -0.3 is 18.9 Å². The van der Waals surface area contributed by atoms with Gasteiger partial charge >= 0.3 is 6.09 Å². The maximum absolute atomic E-state index is 12.6. The molecule has 1 N–H and O–H groups in total. The SMILES string of the molecule is COc1ccc(NC(=O)Oc2ccc3c(c2)CC[C@@H]2[C@@H]3CC[C@]3(C)[C@@H]4[C@H](C[C@@H]23)O[C@]2(CC[C@@H](C)CO2)[C@H]4C)cc1. The summed E-state index contributed by atoms with van der Waals surface area (Å²) >= 11 is 0. The summed E-state index contributed by atoms with van der Waals surface area (Å²) in [5.74, 6) is 4.66. The Bertz CT molecular complexity index is 1270. The van der Waals surface area contributed by atoms with Crippen LogP contribution in [0.1, 0.15) is 76.3 Å². The van der Waals surface area contributed by atoms with Gasteiger partial charge in [0.25, 0.3) is 0 Å². The molecule has 2 aliphatic heterocycles. The Labute approximate surface area is 238 Å². The Morgan fingerprint density at radius 3 is 2.58 bits per heavy atom. The van der Waals surface area contributed by atoms with Crippen LogP contribution >= 0.6 is 0 Å². The molecule has 9 atom stereocenters. The van der Waals surface area contributed by atoms with Crippen molar-refractivity contribution in [1.29, 1.82) is 0 Å². The molecule has 3 aliphatic carbocycles. The van der Waals surface area contributed by atoms with E-state index in [1.165, 1.54) is 43.2 Å². The molecule has 2 aromatic rings. The summed E-state index contributed by atoms with van der Waals surface area (Å²) in [6, 6.07) is 13.5. The van der Waals surface area contributed by atoms with Gasteiger partial charge in [0.05, 0.1) is 19.8 Å². The molecule has 6 nitrogen and oxygen atoms in total. The number of carbonyl (C=O) groups excluding carboxylic acids is 1. The number of amides is 1. The van der Waals surface area contributed by atoms with Gasteiger partial charge in [-0.3, -0.25) is 5.32 Å². The summed E-state index contributed by atoms with van der Waals surface area (Å²) < 4.78 is 24.2. The Morgan fingerprint density at radius 1 is 1.02 bits per heavy atom. The third kappa shape index (κ3) is 4.16. The predicted octanol–water partition coefficient (Wildman–Crippen LogP) is 7.57. The van der Waals surface area contributed by atoms with Gasteiger partial charge in [-0.25, -0.2) is 4.79 Å². The lowest BCUT2D eigenvalue weighted by atomic mass is 9.53. The van der Waals surface area contributed by atoms with Crippen molar-refractivity contribution >= 4 is 11.8 Å². The first-order valence-corrected chi connectivity index (χ1v) is 15.4. The highest BCUT2D eigenvalue weighted by Gasteiger charge is 2.67. The summed E-state index contributed by atoms with van der Waals surface area (Å²) in [7, 11) is 1.62. The number of hydrogen-bond donors (Lipinski definition) is 1. The van der Waals surface area contributed by atoms with Crippen molar-refractivity contribution in [2.45, 2.75) is 83.5 Å². The molecule has 5 aliphatic rings. The van der Waals surface area contributed by atoms with Gasteiger partial charge in [0.2, 0.25) is 0 Å². The number of benzene rings is 2. The Hall–Kier alpha value is -2.57. The predicted molar refractivity (Wildman–Crippen MR) is 154 cm³/mol. The van der Waals surface area contributed by atoms with E-state index >= 15 is 0 Å². The minimum atomic E-state index is -0.479. The molecule has 2 saturated carbocycles. The van der Waals surface area contributed by atoms with Crippen LogP contribution in [0, 0.1) is 35.0 Å². The number of rotatable bonds is 3. The van der Waals surface area contributed by atoms with Crippen molar-refractivity contribution in [2.24, 2.45) is 35.0 Å². The fourth-order valence-electron chi connectivity index (χ4n) is 9.56. The molecule has 0 aromatic heterocycles. The van der Waals surface area contributed by atoms with Gasteiger partial charge in [0.1, 0.15) is 11.5 Å². The van der Waals surface area contributed by atoms with Crippen LogP contribution in [0.2, 0.25) is 0 Å². The van der Waals surface area contributed by atoms with Crippen LogP contribution in [0.3, 0.4) is 0 Å². The first kappa shape index (κ1) is 26.3. The number of fused-ring (bicyclic) bond motifs is 7. The Balaban J connectivity index is 1.04. The average Bonchev–Trinajstić information content (AvgIpc) is 3.40. The van der Waals surface area contributed by atoms with Gasteiger partial charge in [0.15, 0.2) is 5.79 Å². The maximum Gasteiger partial charge on any atom is 0.417 e. The first-order chi connectivity index (χ1) is 19.3. The third-order valence-corrected chi connectivity index (χ3v) is 11.5. The van der Waals surface area contributed by atoms with Gasteiger partial charge in [-0.15, -0.1) is 0 Å². The molecule has 40 heavy (non-hydrogen) atoms. The average molecular weight is 546 g/mol. The second-order valence-electron chi connectivity index (χ2n) is 13.5. The topological polar surface area (TPSA) is 66.0 Å². The van der Waals surface area contributed by atoms with E-state index in [-0.39, 0.29) is 5.79 Å². The molecule has 1 spiro atoms. The van der Waals surface area contributed by atoms with E-state index in [0.29, 0.717) is 58.5 Å². The van der Waals surface area contributed by atoms with E-state index in [1.807, 2.05) is 18.2 Å². The molecule has 2 aromatic carbocycles. The molecule has 0 unspecified atom stereocenters. The summed E-state index contributed by atoms with van der Waals surface area (Å²) in [5.41, 5.74) is 3.80. The summed E-state index contributed by atoms with van der Waals surface area (Å²) in [6.45, 7) is 8.12. The van der Waals surface area contributed by atoms with Crippen molar-refractivity contribution in [2.75, 3.05) is 19.0 Å². The number of nitrogens with one attached hydrogen (secondary N) is 1. The fourth-order valence-corrected chi connectivity index (χ4v) is 9.56. The van der Waals surface area contributed by atoms with Crippen LogP contribution in [0.4, 0.5) is 10.5 Å². The van der Waals surface area contributed by atoms with Crippen molar-refractivity contribution < 1.29 is 23.7 Å². The first-order valence-electron chi connectivity index (χ1n) is 15.4. The maximum atomic E-state index is 12.6. The summed E-state index contributed by atoms with van der Waals surface area (Å²) in [5, 5.41) is 2.81. The second kappa shape index (κ2) is 9.77. The normalized spacial score (nSPS) is 39.5. The minimum Gasteiger partial charge on any atom is -0.497 e. The summed E-state index contributed by atoms with van der Waals surface area (Å²) in [6.07, 6.45) is 8.00. The lowest BCUT2D eigenvalue weighted by Crippen LogP contribution is -2.48. The number of methoxy groups -OCH3 is 1.